The Kier molecular flexibility index (Phi) is 3.50. The van der Waals surface area contributed by atoms with Gasteiger partial charge in [0.25, 0.3) is 17.5 Å². The molecule has 0 aromatic heterocycles. The van der Waals surface area contributed by atoms with Gasteiger partial charge in [-0.1, -0.05) is 30.3 Å². The Morgan fingerprint density at radius 3 is 2.23 bits per heavy atom. The van der Waals surface area contributed by atoms with Gasteiger partial charge in [-0.2, -0.15) is 0 Å². The fourth-order valence-electron chi connectivity index (χ4n) is 2.35. The SMILES string of the molecule is O=C1c2cc(Br)c([N+](=O)[O-])cc2C(=O)N1Cc1ccccc1. The summed E-state index contributed by atoms with van der Waals surface area (Å²) in [6.07, 6.45) is 0. The molecule has 3 rings (SSSR count). The highest BCUT2D eigenvalue weighted by molar-refractivity contribution is 9.10. The molecule has 0 unspecified atom stereocenters. The molecule has 0 radical (unpaired) electrons. The van der Waals surface area contributed by atoms with Crippen LogP contribution >= 0.6 is 15.9 Å². The minimum atomic E-state index is -0.595. The maximum Gasteiger partial charge on any atom is 0.284 e. The van der Waals surface area contributed by atoms with E-state index in [-0.39, 0.29) is 27.8 Å². The Morgan fingerprint density at radius 1 is 1.05 bits per heavy atom. The van der Waals surface area contributed by atoms with Crippen molar-refractivity contribution in [1.29, 1.82) is 0 Å². The molecule has 0 bridgehead atoms. The molecule has 0 aliphatic carbocycles. The minimum Gasteiger partial charge on any atom is -0.270 e. The summed E-state index contributed by atoms with van der Waals surface area (Å²) < 4.78 is 0.180. The standard InChI is InChI=1S/C15H9BrN2O4/c16-12-6-10-11(7-13(12)18(21)22)15(20)17(14(10)19)8-9-4-2-1-3-5-9/h1-7H,8H2. The van der Waals surface area contributed by atoms with Crippen molar-refractivity contribution in [3.8, 4) is 0 Å². The quantitative estimate of drug-likeness (QED) is 0.478. The van der Waals surface area contributed by atoms with Crippen LogP contribution < -0.4 is 0 Å². The fourth-order valence-corrected chi connectivity index (χ4v) is 2.84. The maximum absolute atomic E-state index is 12.4. The van der Waals surface area contributed by atoms with Crippen LogP contribution in [-0.2, 0) is 6.54 Å². The molecule has 2 amide bonds. The second kappa shape index (κ2) is 5.34. The van der Waals surface area contributed by atoms with Crippen molar-refractivity contribution < 1.29 is 14.5 Å². The summed E-state index contributed by atoms with van der Waals surface area (Å²) in [7, 11) is 0. The van der Waals surface area contributed by atoms with Gasteiger partial charge >= 0.3 is 0 Å². The first-order valence-electron chi connectivity index (χ1n) is 6.37. The van der Waals surface area contributed by atoms with Crippen molar-refractivity contribution in [2.45, 2.75) is 6.54 Å². The number of rotatable bonds is 3. The molecule has 0 saturated heterocycles. The summed E-state index contributed by atoms with van der Waals surface area (Å²) in [4.78, 5) is 36.2. The second-order valence-corrected chi connectivity index (χ2v) is 5.64. The van der Waals surface area contributed by atoms with Crippen molar-refractivity contribution in [2.75, 3.05) is 0 Å². The van der Waals surface area contributed by atoms with Gasteiger partial charge in [0.15, 0.2) is 0 Å². The third kappa shape index (κ3) is 2.29. The molecule has 7 heteroatoms. The molecule has 6 nitrogen and oxygen atoms in total. The number of halogens is 1. The van der Waals surface area contributed by atoms with Gasteiger partial charge < -0.3 is 0 Å². The summed E-state index contributed by atoms with van der Waals surface area (Å²) >= 11 is 3.06. The largest absolute Gasteiger partial charge is 0.284 e. The van der Waals surface area contributed by atoms with E-state index in [0.717, 1.165) is 16.5 Å². The Labute approximate surface area is 133 Å². The number of imide groups is 1. The summed E-state index contributed by atoms with van der Waals surface area (Å²) in [5.74, 6) is -0.959. The van der Waals surface area contributed by atoms with E-state index in [2.05, 4.69) is 15.9 Å². The summed E-state index contributed by atoms with van der Waals surface area (Å²) in [5.41, 5.74) is 0.821. The van der Waals surface area contributed by atoms with E-state index in [1.165, 1.54) is 6.07 Å². The van der Waals surface area contributed by atoms with Crippen LogP contribution in [-0.4, -0.2) is 21.6 Å². The van der Waals surface area contributed by atoms with Crippen molar-refractivity contribution in [3.05, 3.63) is 73.7 Å². The average Bonchev–Trinajstić information content (AvgIpc) is 2.72. The summed E-state index contributed by atoms with van der Waals surface area (Å²) in [5, 5.41) is 10.9. The first kappa shape index (κ1) is 14.4. The molecule has 0 atom stereocenters. The number of nitrogens with zero attached hydrogens (tertiary/aromatic N) is 2. The van der Waals surface area contributed by atoms with Crippen LogP contribution in [0.5, 0.6) is 0 Å². The van der Waals surface area contributed by atoms with E-state index in [0.29, 0.717) is 0 Å². The highest BCUT2D eigenvalue weighted by Crippen LogP contribution is 2.33. The lowest BCUT2D eigenvalue weighted by Crippen LogP contribution is -2.29. The number of fused-ring (bicyclic) bond motifs is 1. The predicted octanol–water partition coefficient (Wildman–Crippen LogP) is 3.15. The van der Waals surface area contributed by atoms with E-state index in [9.17, 15) is 19.7 Å². The molecule has 2 aromatic carbocycles. The normalized spacial score (nSPS) is 13.4. The summed E-state index contributed by atoms with van der Waals surface area (Å²) in [6.45, 7) is 0.138. The van der Waals surface area contributed by atoms with E-state index in [4.69, 9.17) is 0 Å². The number of hydrogen-bond donors (Lipinski definition) is 0. The first-order valence-corrected chi connectivity index (χ1v) is 7.16. The van der Waals surface area contributed by atoms with E-state index in [1.54, 1.807) is 0 Å². The van der Waals surface area contributed by atoms with Crippen LogP contribution in [0.15, 0.2) is 46.9 Å². The molecule has 1 heterocycles. The van der Waals surface area contributed by atoms with Gasteiger partial charge in [0.05, 0.1) is 27.1 Å². The van der Waals surface area contributed by atoms with Gasteiger partial charge in [-0.15, -0.1) is 0 Å². The van der Waals surface area contributed by atoms with Crippen molar-refractivity contribution in [2.24, 2.45) is 0 Å². The average molecular weight is 361 g/mol. The number of carbonyl (C=O) groups excluding carboxylic acids is 2. The Bertz CT molecular complexity index is 805. The van der Waals surface area contributed by atoms with E-state index in [1.807, 2.05) is 30.3 Å². The molecule has 0 fully saturated rings. The van der Waals surface area contributed by atoms with Crippen LogP contribution in [0.2, 0.25) is 0 Å². The lowest BCUT2D eigenvalue weighted by Gasteiger charge is -2.13. The van der Waals surface area contributed by atoms with Crippen LogP contribution in [0, 0.1) is 10.1 Å². The van der Waals surface area contributed by atoms with Gasteiger partial charge in [0.1, 0.15) is 0 Å². The maximum atomic E-state index is 12.4. The van der Waals surface area contributed by atoms with Crippen molar-refractivity contribution >= 4 is 33.4 Å². The number of hydrogen-bond acceptors (Lipinski definition) is 4. The molecule has 110 valence electrons. The lowest BCUT2D eigenvalue weighted by molar-refractivity contribution is -0.385. The molecule has 0 N–H and O–H groups in total. The zero-order valence-electron chi connectivity index (χ0n) is 11.2. The Morgan fingerprint density at radius 2 is 1.64 bits per heavy atom. The Hall–Kier alpha value is -2.54. The topological polar surface area (TPSA) is 80.5 Å². The molecular weight excluding hydrogens is 352 g/mol. The van der Waals surface area contributed by atoms with Gasteiger partial charge in [-0.25, -0.2) is 0 Å². The molecular formula is C15H9BrN2O4. The third-order valence-corrected chi connectivity index (χ3v) is 4.05. The minimum absolute atomic E-state index is 0.0656. The number of benzene rings is 2. The second-order valence-electron chi connectivity index (χ2n) is 4.79. The van der Waals surface area contributed by atoms with Gasteiger partial charge in [0.2, 0.25) is 0 Å². The van der Waals surface area contributed by atoms with Crippen LogP contribution in [0.1, 0.15) is 26.3 Å². The number of amides is 2. The number of carbonyl (C=O) groups is 2. The van der Waals surface area contributed by atoms with E-state index < -0.39 is 16.7 Å². The highest BCUT2D eigenvalue weighted by atomic mass is 79.9. The van der Waals surface area contributed by atoms with E-state index >= 15 is 0 Å². The van der Waals surface area contributed by atoms with Crippen LogP contribution in [0.25, 0.3) is 0 Å². The van der Waals surface area contributed by atoms with Gasteiger partial charge in [0, 0.05) is 6.07 Å². The molecule has 22 heavy (non-hydrogen) atoms. The zero-order chi connectivity index (χ0) is 15.9. The molecule has 2 aromatic rings. The van der Waals surface area contributed by atoms with Gasteiger partial charge in [-0.3, -0.25) is 24.6 Å². The summed E-state index contributed by atoms with van der Waals surface area (Å²) in [6, 6.07) is 11.6. The molecule has 0 saturated carbocycles. The number of nitro groups is 1. The highest BCUT2D eigenvalue weighted by Gasteiger charge is 2.37. The molecule has 1 aliphatic heterocycles. The van der Waals surface area contributed by atoms with Crippen LogP contribution in [0.4, 0.5) is 5.69 Å². The molecule has 1 aliphatic rings. The lowest BCUT2D eigenvalue weighted by atomic mass is 10.1. The van der Waals surface area contributed by atoms with Crippen molar-refractivity contribution in [3.63, 3.8) is 0 Å². The fraction of sp³-hybridized carbons (Fsp3) is 0.0667. The zero-order valence-corrected chi connectivity index (χ0v) is 12.7. The smallest absolute Gasteiger partial charge is 0.270 e. The third-order valence-electron chi connectivity index (χ3n) is 3.42. The van der Waals surface area contributed by atoms with Crippen molar-refractivity contribution in [1.82, 2.24) is 4.90 Å². The van der Waals surface area contributed by atoms with Gasteiger partial charge in [-0.05, 0) is 27.6 Å². The predicted molar refractivity (Wildman–Crippen MR) is 81.4 cm³/mol. The molecule has 0 spiro atoms. The Balaban J connectivity index is 2.00. The van der Waals surface area contributed by atoms with Crippen LogP contribution in [0.3, 0.4) is 0 Å². The number of nitro benzene ring substituents is 1. The monoisotopic (exact) mass is 360 g/mol. The first-order chi connectivity index (χ1) is 10.5.